The van der Waals surface area contributed by atoms with Crippen molar-refractivity contribution in [2.75, 3.05) is 0 Å². The predicted molar refractivity (Wildman–Crippen MR) is 66.4 cm³/mol. The van der Waals surface area contributed by atoms with Gasteiger partial charge in [-0.15, -0.1) is 6.58 Å². The van der Waals surface area contributed by atoms with Crippen molar-refractivity contribution in [1.82, 2.24) is 0 Å². The molecule has 0 aromatic heterocycles. The van der Waals surface area contributed by atoms with Crippen molar-refractivity contribution in [1.29, 1.82) is 0 Å². The minimum Gasteiger partial charge on any atom is -0.103 e. The van der Waals surface area contributed by atoms with Crippen LogP contribution in [0.1, 0.15) is 52.9 Å². The molecule has 0 aromatic rings. The van der Waals surface area contributed by atoms with E-state index in [2.05, 4.69) is 33.9 Å². The number of hydrogen-bond donors (Lipinski definition) is 0. The summed E-state index contributed by atoms with van der Waals surface area (Å²) in [6.45, 7) is 14.6. The highest BCUT2D eigenvalue weighted by Crippen LogP contribution is 2.24. The van der Waals surface area contributed by atoms with Crippen molar-refractivity contribution >= 4 is 0 Å². The lowest BCUT2D eigenvalue weighted by Gasteiger charge is -2.18. The van der Waals surface area contributed by atoms with Crippen LogP contribution in [0, 0.1) is 11.8 Å². The van der Waals surface area contributed by atoms with Gasteiger partial charge in [-0.2, -0.15) is 0 Å². The van der Waals surface area contributed by atoms with Gasteiger partial charge >= 0.3 is 0 Å². The quantitative estimate of drug-likeness (QED) is 0.478. The zero-order valence-corrected chi connectivity index (χ0v) is 10.2. The highest BCUT2D eigenvalue weighted by molar-refractivity contribution is 4.96. The van der Waals surface area contributed by atoms with E-state index in [9.17, 15) is 0 Å². The van der Waals surface area contributed by atoms with Crippen LogP contribution in [0.5, 0.6) is 0 Å². The summed E-state index contributed by atoms with van der Waals surface area (Å²) in [5, 5.41) is 0. The average molecular weight is 194 g/mol. The average Bonchev–Trinajstić information content (AvgIpc) is 2.16. The summed E-state index contributed by atoms with van der Waals surface area (Å²) >= 11 is 0. The lowest BCUT2D eigenvalue weighted by atomic mass is 9.88. The second kappa shape index (κ2) is 7.84. The first-order valence-electron chi connectivity index (χ1n) is 5.88. The van der Waals surface area contributed by atoms with E-state index in [4.69, 9.17) is 0 Å². The molecule has 0 bridgehead atoms. The molecule has 0 nitrogen and oxygen atoms in total. The van der Waals surface area contributed by atoms with Gasteiger partial charge in [0, 0.05) is 0 Å². The molecule has 0 radical (unpaired) electrons. The minimum absolute atomic E-state index is 0.710. The van der Waals surface area contributed by atoms with Crippen LogP contribution in [0.4, 0.5) is 0 Å². The van der Waals surface area contributed by atoms with Crippen LogP contribution in [-0.4, -0.2) is 0 Å². The Kier molecular flexibility index (Phi) is 7.55. The van der Waals surface area contributed by atoms with E-state index in [0.29, 0.717) is 5.92 Å². The maximum Gasteiger partial charge on any atom is -0.0206 e. The van der Waals surface area contributed by atoms with Gasteiger partial charge in [0.2, 0.25) is 0 Å². The lowest BCUT2D eigenvalue weighted by Crippen LogP contribution is -2.04. The molecule has 0 aliphatic heterocycles. The summed E-state index contributed by atoms with van der Waals surface area (Å²) in [6, 6.07) is 0. The van der Waals surface area contributed by atoms with Crippen LogP contribution in [0.2, 0.25) is 0 Å². The Morgan fingerprint density at radius 3 is 2.36 bits per heavy atom. The van der Waals surface area contributed by atoms with Crippen molar-refractivity contribution in [3.05, 3.63) is 24.8 Å². The van der Waals surface area contributed by atoms with Crippen molar-refractivity contribution in [2.45, 2.75) is 52.9 Å². The molecule has 0 N–H and O–H groups in total. The number of rotatable bonds is 8. The van der Waals surface area contributed by atoms with Crippen molar-refractivity contribution in [2.24, 2.45) is 11.8 Å². The third-order valence-electron chi connectivity index (χ3n) is 3.12. The molecule has 0 aromatic carbocycles. The van der Waals surface area contributed by atoms with Crippen LogP contribution in [0.25, 0.3) is 0 Å². The van der Waals surface area contributed by atoms with E-state index in [1.54, 1.807) is 0 Å². The molecule has 0 aliphatic carbocycles. The van der Waals surface area contributed by atoms with Gasteiger partial charge in [0.25, 0.3) is 0 Å². The number of hydrogen-bond acceptors (Lipinski definition) is 0. The van der Waals surface area contributed by atoms with E-state index in [1.165, 1.54) is 31.3 Å². The summed E-state index contributed by atoms with van der Waals surface area (Å²) in [4.78, 5) is 0. The molecule has 0 fully saturated rings. The van der Waals surface area contributed by atoms with E-state index in [0.717, 1.165) is 12.3 Å². The first kappa shape index (κ1) is 13.5. The van der Waals surface area contributed by atoms with Gasteiger partial charge in [0.1, 0.15) is 0 Å². The molecule has 14 heavy (non-hydrogen) atoms. The molecule has 0 saturated carbocycles. The highest BCUT2D eigenvalue weighted by atomic mass is 14.2. The molecule has 0 rings (SSSR count). The van der Waals surface area contributed by atoms with Crippen LogP contribution in [0.3, 0.4) is 0 Å². The Morgan fingerprint density at radius 2 is 1.93 bits per heavy atom. The van der Waals surface area contributed by atoms with Crippen molar-refractivity contribution < 1.29 is 0 Å². The highest BCUT2D eigenvalue weighted by Gasteiger charge is 2.10. The van der Waals surface area contributed by atoms with E-state index < -0.39 is 0 Å². The van der Waals surface area contributed by atoms with Crippen LogP contribution in [0.15, 0.2) is 24.8 Å². The SMILES string of the molecule is C=CCCC(CCC(C)CC)C(=C)C. The topological polar surface area (TPSA) is 0 Å². The van der Waals surface area contributed by atoms with Crippen LogP contribution in [-0.2, 0) is 0 Å². The number of allylic oxidation sites excluding steroid dienone is 2. The molecule has 2 unspecified atom stereocenters. The van der Waals surface area contributed by atoms with Crippen molar-refractivity contribution in [3.63, 3.8) is 0 Å². The van der Waals surface area contributed by atoms with Gasteiger partial charge < -0.3 is 0 Å². The molecule has 0 saturated heterocycles. The fraction of sp³-hybridized carbons (Fsp3) is 0.714. The standard InChI is InChI=1S/C14H26/c1-6-8-9-14(12(3)4)11-10-13(5)7-2/h6,13-14H,1,3,7-11H2,2,4-5H3. The molecule has 0 spiro atoms. The van der Waals surface area contributed by atoms with E-state index >= 15 is 0 Å². The summed E-state index contributed by atoms with van der Waals surface area (Å²) in [6.07, 6.45) is 8.31. The summed E-state index contributed by atoms with van der Waals surface area (Å²) < 4.78 is 0. The molecule has 0 heterocycles. The molecular formula is C14H26. The summed E-state index contributed by atoms with van der Waals surface area (Å²) in [5.41, 5.74) is 1.34. The molecule has 0 amide bonds. The molecule has 0 heteroatoms. The first-order valence-corrected chi connectivity index (χ1v) is 5.88. The Morgan fingerprint density at radius 1 is 1.29 bits per heavy atom. The van der Waals surface area contributed by atoms with Gasteiger partial charge in [0.05, 0.1) is 0 Å². The molecule has 0 aliphatic rings. The minimum atomic E-state index is 0.710. The second-order valence-electron chi connectivity index (χ2n) is 4.50. The lowest BCUT2D eigenvalue weighted by molar-refractivity contribution is 0.422. The Bertz CT molecular complexity index is 167. The fourth-order valence-corrected chi connectivity index (χ4v) is 1.65. The Labute approximate surface area is 90.1 Å². The summed E-state index contributed by atoms with van der Waals surface area (Å²) in [5.74, 6) is 1.57. The van der Waals surface area contributed by atoms with Crippen molar-refractivity contribution in [3.8, 4) is 0 Å². The normalized spacial score (nSPS) is 14.8. The monoisotopic (exact) mass is 194 g/mol. The summed E-state index contributed by atoms with van der Waals surface area (Å²) in [7, 11) is 0. The van der Waals surface area contributed by atoms with Crippen LogP contribution >= 0.6 is 0 Å². The predicted octanol–water partition coefficient (Wildman–Crippen LogP) is 4.97. The maximum atomic E-state index is 4.08. The third-order valence-corrected chi connectivity index (χ3v) is 3.12. The van der Waals surface area contributed by atoms with E-state index in [-0.39, 0.29) is 0 Å². The zero-order valence-electron chi connectivity index (χ0n) is 10.2. The Balaban J connectivity index is 3.84. The zero-order chi connectivity index (χ0) is 11.0. The molecule has 2 atom stereocenters. The third kappa shape index (κ3) is 6.01. The molecule has 82 valence electrons. The van der Waals surface area contributed by atoms with Gasteiger partial charge in [-0.05, 0) is 38.0 Å². The largest absolute Gasteiger partial charge is 0.103 e. The van der Waals surface area contributed by atoms with Crippen LogP contribution < -0.4 is 0 Å². The molecular weight excluding hydrogens is 168 g/mol. The van der Waals surface area contributed by atoms with Gasteiger partial charge in [-0.25, -0.2) is 0 Å². The van der Waals surface area contributed by atoms with Gasteiger partial charge in [-0.1, -0.05) is 44.9 Å². The second-order valence-corrected chi connectivity index (χ2v) is 4.50. The maximum absolute atomic E-state index is 4.08. The fourth-order valence-electron chi connectivity index (χ4n) is 1.65. The van der Waals surface area contributed by atoms with Gasteiger partial charge in [-0.3, -0.25) is 0 Å². The first-order chi connectivity index (χ1) is 6.61. The Hall–Kier alpha value is -0.520. The smallest absolute Gasteiger partial charge is 0.0206 e. The van der Waals surface area contributed by atoms with Gasteiger partial charge in [0.15, 0.2) is 0 Å². The van der Waals surface area contributed by atoms with E-state index in [1.807, 2.05) is 6.08 Å².